The fourth-order valence-corrected chi connectivity index (χ4v) is 1.69. The lowest BCUT2D eigenvalue weighted by molar-refractivity contribution is -0.116. The number of hydrogen-bond donors (Lipinski definition) is 1. The van der Waals surface area contributed by atoms with E-state index in [1.54, 1.807) is 36.4 Å². The van der Waals surface area contributed by atoms with Crippen LogP contribution in [0.4, 0.5) is 0 Å². The Labute approximate surface area is 119 Å². The average Bonchev–Trinajstić information content (AvgIpc) is 2.81. The fraction of sp³-hybridized carbons (Fsp3) is 0.154. The van der Waals surface area contributed by atoms with Crippen LogP contribution >= 0.6 is 0 Å². The van der Waals surface area contributed by atoms with Crippen molar-refractivity contribution in [2.45, 2.75) is 13.5 Å². The fourth-order valence-electron chi connectivity index (χ4n) is 1.69. The van der Waals surface area contributed by atoms with Crippen LogP contribution < -0.4 is 11.4 Å². The van der Waals surface area contributed by atoms with E-state index in [-0.39, 0.29) is 17.8 Å². The summed E-state index contributed by atoms with van der Waals surface area (Å²) in [5.74, 6) is -0.584. The van der Waals surface area contributed by atoms with Gasteiger partial charge in [-0.05, 0) is 29.5 Å². The van der Waals surface area contributed by atoms with Crippen LogP contribution in [-0.2, 0) is 11.3 Å². The second-order valence-electron chi connectivity index (χ2n) is 4.26. The molecule has 0 atom stereocenters. The summed E-state index contributed by atoms with van der Waals surface area (Å²) in [7, 11) is 0. The van der Waals surface area contributed by atoms with Gasteiger partial charge in [0.15, 0.2) is 5.78 Å². The predicted molar refractivity (Wildman–Crippen MR) is 73.1 cm³/mol. The topological polar surface area (TPSA) is 120 Å². The van der Waals surface area contributed by atoms with Gasteiger partial charge in [0, 0.05) is 5.70 Å². The first-order valence-corrected chi connectivity index (χ1v) is 6.02. The van der Waals surface area contributed by atoms with Crippen LogP contribution in [0.25, 0.3) is 5.69 Å². The minimum Gasteiger partial charge on any atom is -0.401 e. The van der Waals surface area contributed by atoms with Crippen LogP contribution in [0.5, 0.6) is 0 Å². The van der Waals surface area contributed by atoms with E-state index in [1.165, 1.54) is 6.92 Å². The van der Waals surface area contributed by atoms with E-state index in [1.807, 2.05) is 0 Å². The van der Waals surface area contributed by atoms with E-state index in [4.69, 9.17) is 11.0 Å². The molecule has 0 spiro atoms. The molecule has 0 fully saturated rings. The van der Waals surface area contributed by atoms with E-state index in [0.717, 1.165) is 9.36 Å². The number of allylic oxidation sites excluding steroid dienone is 2. The van der Waals surface area contributed by atoms with Crippen LogP contribution in [0, 0.1) is 11.3 Å². The number of carbonyl (C=O) groups excluding carboxylic acids is 1. The van der Waals surface area contributed by atoms with Crippen molar-refractivity contribution in [2.75, 3.05) is 0 Å². The molecule has 0 aliphatic heterocycles. The highest BCUT2D eigenvalue weighted by Gasteiger charge is 2.16. The van der Waals surface area contributed by atoms with E-state index in [0.29, 0.717) is 5.69 Å². The highest BCUT2D eigenvalue weighted by molar-refractivity contribution is 5.99. The van der Waals surface area contributed by atoms with E-state index in [9.17, 15) is 9.59 Å². The number of hydrogen-bond acceptors (Lipinski definition) is 6. The molecule has 1 heterocycles. The van der Waals surface area contributed by atoms with Gasteiger partial charge in [0.1, 0.15) is 18.2 Å². The number of aromatic nitrogens is 4. The Bertz CT molecular complexity index is 790. The van der Waals surface area contributed by atoms with Crippen molar-refractivity contribution < 1.29 is 4.79 Å². The number of nitrogens with two attached hydrogens (primary N) is 1. The maximum Gasteiger partial charge on any atom is 0.368 e. The second-order valence-corrected chi connectivity index (χ2v) is 4.26. The molecule has 0 radical (unpaired) electrons. The third-order valence-electron chi connectivity index (χ3n) is 2.72. The second kappa shape index (κ2) is 5.83. The third kappa shape index (κ3) is 2.87. The van der Waals surface area contributed by atoms with Gasteiger partial charge < -0.3 is 5.73 Å². The predicted octanol–water partition coefficient (Wildman–Crippen LogP) is -0.246. The molecule has 0 aliphatic rings. The number of para-hydroxylation sites is 1. The van der Waals surface area contributed by atoms with Crippen molar-refractivity contribution in [1.29, 1.82) is 5.26 Å². The van der Waals surface area contributed by atoms with Crippen molar-refractivity contribution in [1.82, 2.24) is 19.8 Å². The van der Waals surface area contributed by atoms with Crippen LogP contribution in [0.2, 0.25) is 0 Å². The number of ketones is 1. The molecule has 1 aromatic carbocycles. The summed E-state index contributed by atoms with van der Waals surface area (Å²) >= 11 is 0. The Balaban J connectivity index is 2.31. The van der Waals surface area contributed by atoms with Crippen LogP contribution in [0.3, 0.4) is 0 Å². The van der Waals surface area contributed by atoms with Crippen molar-refractivity contribution in [3.8, 4) is 11.8 Å². The Morgan fingerprint density at radius 2 is 2.00 bits per heavy atom. The number of nitrogens with zero attached hydrogens (tertiary/aromatic N) is 5. The van der Waals surface area contributed by atoms with Gasteiger partial charge in [0.25, 0.3) is 0 Å². The molecule has 8 nitrogen and oxygen atoms in total. The van der Waals surface area contributed by atoms with Gasteiger partial charge >= 0.3 is 5.69 Å². The van der Waals surface area contributed by atoms with Gasteiger partial charge in [-0.15, -0.1) is 0 Å². The number of rotatable bonds is 4. The van der Waals surface area contributed by atoms with Crippen LogP contribution in [0.1, 0.15) is 6.92 Å². The summed E-state index contributed by atoms with van der Waals surface area (Å²) in [6, 6.07) is 10.4. The zero-order chi connectivity index (χ0) is 15.4. The lowest BCUT2D eigenvalue weighted by Gasteiger charge is -1.99. The van der Waals surface area contributed by atoms with Crippen molar-refractivity contribution in [3.05, 3.63) is 52.1 Å². The molecule has 2 rings (SSSR count). The van der Waals surface area contributed by atoms with Crippen molar-refractivity contribution >= 4 is 5.78 Å². The number of tetrazole rings is 1. The quantitative estimate of drug-likeness (QED) is 0.611. The Hall–Kier alpha value is -3.21. The molecule has 106 valence electrons. The lowest BCUT2D eigenvalue weighted by atomic mass is 10.1. The minimum absolute atomic E-state index is 0.103. The summed E-state index contributed by atoms with van der Waals surface area (Å²) in [5.41, 5.74) is 5.33. The summed E-state index contributed by atoms with van der Waals surface area (Å²) in [4.78, 5) is 24.0. The van der Waals surface area contributed by atoms with E-state index in [2.05, 4.69) is 10.4 Å². The Morgan fingerprint density at radius 3 is 2.57 bits per heavy atom. The van der Waals surface area contributed by atoms with Gasteiger partial charge in [-0.3, -0.25) is 4.79 Å². The highest BCUT2D eigenvalue weighted by atomic mass is 16.2. The molecule has 0 saturated heterocycles. The van der Waals surface area contributed by atoms with E-state index < -0.39 is 11.5 Å². The molecule has 0 aliphatic carbocycles. The van der Waals surface area contributed by atoms with Gasteiger partial charge in [0.2, 0.25) is 0 Å². The van der Waals surface area contributed by atoms with Crippen LogP contribution in [0.15, 0.2) is 46.4 Å². The molecule has 21 heavy (non-hydrogen) atoms. The first kappa shape index (κ1) is 14.2. The molecule has 1 aromatic heterocycles. The normalized spacial score (nSPS) is 11.6. The summed E-state index contributed by atoms with van der Waals surface area (Å²) < 4.78 is 1.95. The number of nitriles is 1. The largest absolute Gasteiger partial charge is 0.401 e. The van der Waals surface area contributed by atoms with E-state index >= 15 is 0 Å². The summed E-state index contributed by atoms with van der Waals surface area (Å²) in [6.07, 6.45) is 0. The molecular formula is C13H12N6O2. The SMILES string of the molecule is C/C(N)=C(/C#N)C(=O)Cn1nnn(-c2ccccc2)c1=O. The van der Waals surface area contributed by atoms with Gasteiger partial charge in [0.05, 0.1) is 5.69 Å². The molecule has 0 amide bonds. The monoisotopic (exact) mass is 284 g/mol. The summed E-state index contributed by atoms with van der Waals surface area (Å²) in [6.45, 7) is 1.06. The first-order chi connectivity index (χ1) is 10.0. The molecule has 0 unspecified atom stereocenters. The highest BCUT2D eigenvalue weighted by Crippen LogP contribution is 2.02. The first-order valence-electron chi connectivity index (χ1n) is 6.02. The van der Waals surface area contributed by atoms with Crippen molar-refractivity contribution in [3.63, 3.8) is 0 Å². The molecule has 2 N–H and O–H groups in total. The Morgan fingerprint density at radius 1 is 1.33 bits per heavy atom. The molecule has 8 heteroatoms. The number of carbonyl (C=O) groups is 1. The average molecular weight is 284 g/mol. The zero-order valence-electron chi connectivity index (χ0n) is 11.2. The van der Waals surface area contributed by atoms with Gasteiger partial charge in [-0.1, -0.05) is 18.2 Å². The maximum absolute atomic E-state index is 12.1. The Kier molecular flexibility index (Phi) is 3.95. The van der Waals surface area contributed by atoms with Gasteiger partial charge in [-0.25, -0.2) is 4.79 Å². The minimum atomic E-state index is -0.584. The van der Waals surface area contributed by atoms with Gasteiger partial charge in [-0.2, -0.15) is 14.6 Å². The standard InChI is InChI=1S/C13H12N6O2/c1-9(15)11(7-14)12(20)8-18-13(21)19(17-16-18)10-5-3-2-4-6-10/h2-6H,8,15H2,1H3/b11-9+. The zero-order valence-corrected chi connectivity index (χ0v) is 11.2. The van der Waals surface area contributed by atoms with Crippen LogP contribution in [-0.4, -0.2) is 25.6 Å². The number of Topliss-reactive ketones (excluding diaryl/α,β-unsaturated/α-hetero) is 1. The molecule has 0 bridgehead atoms. The summed E-state index contributed by atoms with van der Waals surface area (Å²) in [5, 5.41) is 16.2. The molecule has 0 saturated carbocycles. The lowest BCUT2D eigenvalue weighted by Crippen LogP contribution is -2.28. The third-order valence-corrected chi connectivity index (χ3v) is 2.72. The van der Waals surface area contributed by atoms with Crippen molar-refractivity contribution in [2.24, 2.45) is 5.73 Å². The maximum atomic E-state index is 12.1. The smallest absolute Gasteiger partial charge is 0.368 e. The molecular weight excluding hydrogens is 272 g/mol. The number of benzene rings is 1. The molecule has 2 aromatic rings.